The maximum absolute atomic E-state index is 12.3. The van der Waals surface area contributed by atoms with Gasteiger partial charge in [0, 0.05) is 12.2 Å². The summed E-state index contributed by atoms with van der Waals surface area (Å²) >= 11 is 2.85. The molecular formula is C20H22N4O2S2. The molecule has 1 heterocycles. The standard InChI is InChI=1S/C20H22N4O2S2/c1-14(18(25)21-13-12-15-8-10-17(26-2)11-9-15)27-20-24-23-19(28-20)22-16-6-4-3-5-7-16/h3-11,14H,12-13H2,1-2H3,(H,21,25)(H,22,23)/t14-/m1/s1. The van der Waals surface area contributed by atoms with Crippen molar-refractivity contribution in [3.8, 4) is 5.75 Å². The summed E-state index contributed by atoms with van der Waals surface area (Å²) in [6.07, 6.45) is 0.775. The fourth-order valence-electron chi connectivity index (χ4n) is 2.42. The number of carbonyl (C=O) groups is 1. The number of anilines is 2. The van der Waals surface area contributed by atoms with E-state index in [1.54, 1.807) is 7.11 Å². The highest BCUT2D eigenvalue weighted by Gasteiger charge is 2.17. The smallest absolute Gasteiger partial charge is 0.233 e. The van der Waals surface area contributed by atoms with Gasteiger partial charge < -0.3 is 15.4 Å². The van der Waals surface area contributed by atoms with Crippen molar-refractivity contribution in [2.45, 2.75) is 22.9 Å². The van der Waals surface area contributed by atoms with Crippen LogP contribution in [0.15, 0.2) is 58.9 Å². The number of hydrogen-bond acceptors (Lipinski definition) is 7. The quantitative estimate of drug-likeness (QED) is 0.513. The number of rotatable bonds is 9. The Kier molecular flexibility index (Phi) is 7.27. The molecule has 28 heavy (non-hydrogen) atoms. The largest absolute Gasteiger partial charge is 0.497 e. The van der Waals surface area contributed by atoms with Gasteiger partial charge in [-0.2, -0.15) is 0 Å². The number of benzene rings is 2. The van der Waals surface area contributed by atoms with Crippen LogP contribution >= 0.6 is 23.1 Å². The van der Waals surface area contributed by atoms with Crippen LogP contribution in [-0.2, 0) is 11.2 Å². The fourth-order valence-corrected chi connectivity index (χ4v) is 4.36. The van der Waals surface area contributed by atoms with E-state index in [9.17, 15) is 4.79 Å². The van der Waals surface area contributed by atoms with Crippen LogP contribution in [0.3, 0.4) is 0 Å². The lowest BCUT2D eigenvalue weighted by molar-refractivity contribution is -0.120. The third kappa shape index (κ3) is 5.97. The Hall–Kier alpha value is -2.58. The first-order chi connectivity index (χ1) is 13.6. The zero-order valence-corrected chi connectivity index (χ0v) is 17.3. The van der Waals surface area contributed by atoms with Crippen LogP contribution in [-0.4, -0.2) is 35.0 Å². The predicted molar refractivity (Wildman–Crippen MR) is 115 cm³/mol. The summed E-state index contributed by atoms with van der Waals surface area (Å²) < 4.78 is 5.91. The number of aromatic nitrogens is 2. The molecule has 6 nitrogen and oxygen atoms in total. The molecule has 0 aliphatic heterocycles. The Bertz CT molecular complexity index is 885. The minimum atomic E-state index is -0.242. The van der Waals surface area contributed by atoms with E-state index >= 15 is 0 Å². The summed E-state index contributed by atoms with van der Waals surface area (Å²) in [7, 11) is 1.65. The van der Waals surface area contributed by atoms with Gasteiger partial charge in [0.15, 0.2) is 4.34 Å². The molecule has 0 saturated heterocycles. The highest BCUT2D eigenvalue weighted by Crippen LogP contribution is 2.30. The first-order valence-electron chi connectivity index (χ1n) is 8.87. The van der Waals surface area contributed by atoms with Crippen molar-refractivity contribution in [2.24, 2.45) is 0 Å². The number of hydrogen-bond donors (Lipinski definition) is 2. The predicted octanol–water partition coefficient (Wildman–Crippen LogP) is 4.13. The van der Waals surface area contributed by atoms with Crippen molar-refractivity contribution in [3.63, 3.8) is 0 Å². The SMILES string of the molecule is COc1ccc(CCNC(=O)[C@@H](C)Sc2nnc(Nc3ccccc3)s2)cc1. The van der Waals surface area contributed by atoms with Gasteiger partial charge >= 0.3 is 0 Å². The van der Waals surface area contributed by atoms with Gasteiger partial charge in [-0.25, -0.2) is 0 Å². The van der Waals surface area contributed by atoms with Crippen LogP contribution in [0.2, 0.25) is 0 Å². The molecule has 0 spiro atoms. The van der Waals surface area contributed by atoms with Crippen molar-refractivity contribution in [1.82, 2.24) is 15.5 Å². The van der Waals surface area contributed by atoms with Crippen LogP contribution in [0.4, 0.5) is 10.8 Å². The van der Waals surface area contributed by atoms with Gasteiger partial charge in [-0.05, 0) is 43.2 Å². The summed E-state index contributed by atoms with van der Waals surface area (Å²) in [5, 5.41) is 14.9. The zero-order valence-electron chi connectivity index (χ0n) is 15.7. The van der Waals surface area contributed by atoms with Gasteiger partial charge in [0.25, 0.3) is 0 Å². The molecule has 1 atom stereocenters. The van der Waals surface area contributed by atoms with E-state index in [0.717, 1.165) is 27.8 Å². The van der Waals surface area contributed by atoms with E-state index in [0.29, 0.717) is 11.7 Å². The van der Waals surface area contributed by atoms with Gasteiger partial charge in [-0.3, -0.25) is 4.79 Å². The van der Waals surface area contributed by atoms with Gasteiger partial charge in [-0.15, -0.1) is 10.2 Å². The fraction of sp³-hybridized carbons (Fsp3) is 0.250. The Balaban J connectivity index is 1.43. The second kappa shape index (κ2) is 10.1. The normalized spacial score (nSPS) is 11.6. The van der Waals surface area contributed by atoms with Gasteiger partial charge in [0.1, 0.15) is 5.75 Å². The van der Waals surface area contributed by atoms with Crippen LogP contribution in [0.1, 0.15) is 12.5 Å². The molecule has 0 aliphatic carbocycles. The minimum absolute atomic E-state index is 0.00807. The van der Waals surface area contributed by atoms with E-state index in [-0.39, 0.29) is 11.2 Å². The molecule has 0 radical (unpaired) electrons. The van der Waals surface area contributed by atoms with Crippen LogP contribution in [0.25, 0.3) is 0 Å². The molecule has 0 fully saturated rings. The molecule has 2 aromatic carbocycles. The van der Waals surface area contributed by atoms with Crippen molar-refractivity contribution in [1.29, 1.82) is 0 Å². The second-order valence-electron chi connectivity index (χ2n) is 6.01. The van der Waals surface area contributed by atoms with E-state index in [2.05, 4.69) is 20.8 Å². The van der Waals surface area contributed by atoms with Crippen molar-refractivity contribution in [3.05, 3.63) is 60.2 Å². The van der Waals surface area contributed by atoms with E-state index in [1.807, 2.05) is 61.5 Å². The van der Waals surface area contributed by atoms with Gasteiger partial charge in [-0.1, -0.05) is 53.4 Å². The molecule has 146 valence electrons. The molecule has 3 aromatic rings. The third-order valence-electron chi connectivity index (χ3n) is 3.95. The first kappa shape index (κ1) is 20.2. The molecule has 1 amide bonds. The average Bonchev–Trinajstić information content (AvgIpc) is 3.15. The van der Waals surface area contributed by atoms with E-state index in [1.165, 1.54) is 23.1 Å². The van der Waals surface area contributed by atoms with Crippen molar-refractivity contribution < 1.29 is 9.53 Å². The molecule has 3 rings (SSSR count). The molecule has 1 aromatic heterocycles. The summed E-state index contributed by atoms with van der Waals surface area (Å²) in [6.45, 7) is 2.46. The number of thioether (sulfide) groups is 1. The van der Waals surface area contributed by atoms with E-state index in [4.69, 9.17) is 4.74 Å². The zero-order chi connectivity index (χ0) is 19.8. The lowest BCUT2D eigenvalue weighted by Crippen LogP contribution is -2.32. The van der Waals surface area contributed by atoms with Crippen LogP contribution < -0.4 is 15.4 Å². The third-order valence-corrected chi connectivity index (χ3v) is 5.97. The lowest BCUT2D eigenvalue weighted by Gasteiger charge is -2.10. The Morgan fingerprint density at radius 2 is 1.89 bits per heavy atom. The topological polar surface area (TPSA) is 76.1 Å². The average molecular weight is 415 g/mol. The maximum atomic E-state index is 12.3. The molecular weight excluding hydrogens is 392 g/mol. The van der Waals surface area contributed by atoms with Gasteiger partial charge in [0.05, 0.1) is 12.4 Å². The van der Waals surface area contributed by atoms with Crippen molar-refractivity contribution >= 4 is 39.8 Å². The first-order valence-corrected chi connectivity index (χ1v) is 10.6. The number of amides is 1. The molecule has 0 bridgehead atoms. The number of methoxy groups -OCH3 is 1. The Morgan fingerprint density at radius 1 is 1.14 bits per heavy atom. The second-order valence-corrected chi connectivity index (χ2v) is 8.58. The number of nitrogens with zero attached hydrogens (tertiary/aromatic N) is 2. The van der Waals surface area contributed by atoms with Gasteiger partial charge in [0.2, 0.25) is 11.0 Å². The minimum Gasteiger partial charge on any atom is -0.497 e. The van der Waals surface area contributed by atoms with Crippen LogP contribution in [0, 0.1) is 0 Å². The number of para-hydroxylation sites is 1. The summed E-state index contributed by atoms with van der Waals surface area (Å²) in [6, 6.07) is 17.7. The van der Waals surface area contributed by atoms with E-state index < -0.39 is 0 Å². The summed E-state index contributed by atoms with van der Waals surface area (Å²) in [5.41, 5.74) is 2.11. The monoisotopic (exact) mass is 414 g/mol. The molecule has 8 heteroatoms. The highest BCUT2D eigenvalue weighted by molar-refractivity contribution is 8.02. The highest BCUT2D eigenvalue weighted by atomic mass is 32.2. The van der Waals surface area contributed by atoms with Crippen molar-refractivity contribution in [2.75, 3.05) is 19.0 Å². The Labute approximate surface area is 172 Å². The molecule has 0 saturated carbocycles. The maximum Gasteiger partial charge on any atom is 0.233 e. The number of nitrogens with one attached hydrogen (secondary N) is 2. The summed E-state index contributed by atoms with van der Waals surface area (Å²) in [4.78, 5) is 12.3. The van der Waals surface area contributed by atoms with Crippen LogP contribution in [0.5, 0.6) is 5.75 Å². The molecule has 0 aliphatic rings. The summed E-state index contributed by atoms with van der Waals surface area (Å²) in [5.74, 6) is 0.822. The number of carbonyl (C=O) groups excluding carboxylic acids is 1. The molecule has 0 unspecified atom stereocenters. The Morgan fingerprint density at radius 3 is 2.61 bits per heavy atom. The molecule has 2 N–H and O–H groups in total. The number of ether oxygens (including phenoxy) is 1. The lowest BCUT2D eigenvalue weighted by atomic mass is 10.1.